The molecule has 2 heterocycles. The van der Waals surface area contributed by atoms with E-state index in [1.54, 1.807) is 0 Å². The predicted octanol–water partition coefficient (Wildman–Crippen LogP) is 2.72. The highest BCUT2D eigenvalue weighted by Gasteiger charge is 2.29. The SMILES string of the molecule is Cc1cc(CN)cc(N2CC(C)CC(C)C2C)n1. The van der Waals surface area contributed by atoms with Crippen LogP contribution < -0.4 is 10.6 Å². The van der Waals surface area contributed by atoms with Crippen LogP contribution in [0.2, 0.25) is 0 Å². The van der Waals surface area contributed by atoms with Gasteiger partial charge in [-0.2, -0.15) is 0 Å². The summed E-state index contributed by atoms with van der Waals surface area (Å²) in [5.41, 5.74) is 8.00. The molecule has 3 nitrogen and oxygen atoms in total. The lowest BCUT2D eigenvalue weighted by Gasteiger charge is -2.42. The Morgan fingerprint density at radius 3 is 2.72 bits per heavy atom. The lowest BCUT2D eigenvalue weighted by molar-refractivity contribution is 0.295. The molecule has 3 heteroatoms. The summed E-state index contributed by atoms with van der Waals surface area (Å²) in [6.45, 7) is 10.7. The van der Waals surface area contributed by atoms with E-state index in [1.165, 1.54) is 12.0 Å². The first kappa shape index (κ1) is 13.3. The van der Waals surface area contributed by atoms with Gasteiger partial charge in [0.1, 0.15) is 5.82 Å². The zero-order valence-electron chi connectivity index (χ0n) is 12.0. The van der Waals surface area contributed by atoms with Crippen LogP contribution in [0.4, 0.5) is 5.82 Å². The zero-order valence-corrected chi connectivity index (χ0v) is 12.0. The monoisotopic (exact) mass is 247 g/mol. The van der Waals surface area contributed by atoms with Crippen molar-refractivity contribution >= 4 is 5.82 Å². The third-order valence-corrected chi connectivity index (χ3v) is 4.13. The summed E-state index contributed by atoms with van der Waals surface area (Å²) in [5.74, 6) is 2.55. The number of hydrogen-bond donors (Lipinski definition) is 1. The summed E-state index contributed by atoms with van der Waals surface area (Å²) in [6.07, 6.45) is 1.31. The van der Waals surface area contributed by atoms with Gasteiger partial charge < -0.3 is 10.6 Å². The van der Waals surface area contributed by atoms with Crippen molar-refractivity contribution in [3.63, 3.8) is 0 Å². The van der Waals surface area contributed by atoms with Gasteiger partial charge in [0.25, 0.3) is 0 Å². The third-order valence-electron chi connectivity index (χ3n) is 4.13. The molecule has 1 aromatic heterocycles. The van der Waals surface area contributed by atoms with Gasteiger partial charge in [0, 0.05) is 24.8 Å². The van der Waals surface area contributed by atoms with Gasteiger partial charge in [-0.25, -0.2) is 4.98 Å². The second-order valence-corrected chi connectivity index (χ2v) is 5.89. The number of aryl methyl sites for hydroxylation is 1. The third kappa shape index (κ3) is 2.66. The molecule has 3 unspecified atom stereocenters. The highest BCUT2D eigenvalue weighted by Crippen LogP contribution is 2.30. The van der Waals surface area contributed by atoms with Gasteiger partial charge in [0.2, 0.25) is 0 Å². The van der Waals surface area contributed by atoms with E-state index in [0.717, 1.165) is 29.9 Å². The van der Waals surface area contributed by atoms with Crippen molar-refractivity contribution in [1.82, 2.24) is 4.98 Å². The van der Waals surface area contributed by atoms with E-state index in [4.69, 9.17) is 10.7 Å². The van der Waals surface area contributed by atoms with Crippen molar-refractivity contribution < 1.29 is 0 Å². The molecule has 1 fully saturated rings. The van der Waals surface area contributed by atoms with Crippen molar-refractivity contribution in [2.75, 3.05) is 11.4 Å². The molecule has 1 aliphatic rings. The number of nitrogens with zero attached hydrogens (tertiary/aromatic N) is 2. The smallest absolute Gasteiger partial charge is 0.129 e. The molecule has 2 N–H and O–H groups in total. The van der Waals surface area contributed by atoms with E-state index in [2.05, 4.69) is 37.8 Å². The lowest BCUT2D eigenvalue weighted by atomic mass is 9.86. The molecule has 2 rings (SSSR count). The number of pyridine rings is 1. The number of hydrogen-bond acceptors (Lipinski definition) is 3. The zero-order chi connectivity index (χ0) is 13.3. The first-order valence-electron chi connectivity index (χ1n) is 6.95. The molecule has 0 aliphatic carbocycles. The molecule has 0 bridgehead atoms. The molecule has 18 heavy (non-hydrogen) atoms. The summed E-state index contributed by atoms with van der Waals surface area (Å²) in [7, 11) is 0. The summed E-state index contributed by atoms with van der Waals surface area (Å²) in [4.78, 5) is 7.14. The largest absolute Gasteiger partial charge is 0.353 e. The van der Waals surface area contributed by atoms with Crippen LogP contribution in [0, 0.1) is 18.8 Å². The molecule has 3 atom stereocenters. The summed E-state index contributed by atoms with van der Waals surface area (Å²) in [6, 6.07) is 4.78. The van der Waals surface area contributed by atoms with E-state index in [-0.39, 0.29) is 0 Å². The average molecular weight is 247 g/mol. The molecule has 1 aliphatic heterocycles. The van der Waals surface area contributed by atoms with Crippen molar-refractivity contribution in [2.45, 2.75) is 46.7 Å². The first-order chi connectivity index (χ1) is 8.51. The van der Waals surface area contributed by atoms with Gasteiger partial charge in [0.15, 0.2) is 0 Å². The maximum atomic E-state index is 5.76. The maximum Gasteiger partial charge on any atom is 0.129 e. The standard InChI is InChI=1S/C15H25N3/c1-10-5-11(2)13(4)18(9-10)15-7-14(8-16)6-12(3)17-15/h6-7,10-11,13H,5,8-9,16H2,1-4H3. The molecule has 0 saturated carbocycles. The quantitative estimate of drug-likeness (QED) is 0.873. The highest BCUT2D eigenvalue weighted by atomic mass is 15.2. The number of nitrogens with two attached hydrogens (primary N) is 1. The molecule has 1 saturated heterocycles. The van der Waals surface area contributed by atoms with Crippen molar-refractivity contribution in [2.24, 2.45) is 17.6 Å². The molecule has 100 valence electrons. The summed E-state index contributed by atoms with van der Waals surface area (Å²) >= 11 is 0. The van der Waals surface area contributed by atoms with Gasteiger partial charge in [-0.3, -0.25) is 0 Å². The fraction of sp³-hybridized carbons (Fsp3) is 0.667. The number of anilines is 1. The van der Waals surface area contributed by atoms with Crippen molar-refractivity contribution in [1.29, 1.82) is 0 Å². The fourth-order valence-corrected chi connectivity index (χ4v) is 3.00. The molecular formula is C15H25N3. The van der Waals surface area contributed by atoms with Gasteiger partial charge in [-0.05, 0) is 49.8 Å². The molecule has 1 aromatic rings. The Balaban J connectivity index is 2.31. The van der Waals surface area contributed by atoms with Crippen LogP contribution in [-0.4, -0.2) is 17.6 Å². The van der Waals surface area contributed by atoms with Crippen molar-refractivity contribution in [3.05, 3.63) is 23.4 Å². The van der Waals surface area contributed by atoms with Crippen LogP contribution in [0.25, 0.3) is 0 Å². The van der Waals surface area contributed by atoms with Crippen LogP contribution in [0.15, 0.2) is 12.1 Å². The Morgan fingerprint density at radius 2 is 2.06 bits per heavy atom. The van der Waals surface area contributed by atoms with Gasteiger partial charge >= 0.3 is 0 Å². The minimum absolute atomic E-state index is 0.557. The lowest BCUT2D eigenvalue weighted by Crippen LogP contribution is -2.46. The molecular weight excluding hydrogens is 222 g/mol. The Hall–Kier alpha value is -1.09. The first-order valence-corrected chi connectivity index (χ1v) is 6.95. The number of rotatable bonds is 2. The minimum atomic E-state index is 0.557. The molecule has 0 radical (unpaired) electrons. The van der Waals surface area contributed by atoms with Gasteiger partial charge in [-0.15, -0.1) is 0 Å². The predicted molar refractivity (Wildman–Crippen MR) is 76.6 cm³/mol. The van der Waals surface area contributed by atoms with Crippen molar-refractivity contribution in [3.8, 4) is 0 Å². The maximum absolute atomic E-state index is 5.76. The average Bonchev–Trinajstić information content (AvgIpc) is 2.32. The van der Waals surface area contributed by atoms with Crippen LogP contribution in [0.1, 0.15) is 38.4 Å². The molecule has 0 amide bonds. The Kier molecular flexibility index (Phi) is 3.91. The number of piperidine rings is 1. The topological polar surface area (TPSA) is 42.1 Å². The van der Waals surface area contributed by atoms with Gasteiger partial charge in [0.05, 0.1) is 0 Å². The fourth-order valence-electron chi connectivity index (χ4n) is 3.00. The Bertz CT molecular complexity index is 416. The highest BCUT2D eigenvalue weighted by molar-refractivity contribution is 5.44. The van der Waals surface area contributed by atoms with Crippen LogP contribution in [0.5, 0.6) is 0 Å². The van der Waals surface area contributed by atoms with Gasteiger partial charge in [-0.1, -0.05) is 13.8 Å². The van der Waals surface area contributed by atoms with E-state index >= 15 is 0 Å². The normalized spacial score (nSPS) is 28.5. The Labute approximate surface area is 110 Å². The second kappa shape index (κ2) is 5.27. The number of aromatic nitrogens is 1. The minimum Gasteiger partial charge on any atom is -0.353 e. The van der Waals surface area contributed by atoms with E-state index in [9.17, 15) is 0 Å². The van der Waals surface area contributed by atoms with E-state index in [1.807, 2.05) is 6.92 Å². The Morgan fingerprint density at radius 1 is 1.33 bits per heavy atom. The van der Waals surface area contributed by atoms with Crippen LogP contribution in [0.3, 0.4) is 0 Å². The summed E-state index contributed by atoms with van der Waals surface area (Å²) in [5, 5.41) is 0. The van der Waals surface area contributed by atoms with E-state index < -0.39 is 0 Å². The molecule has 0 spiro atoms. The van der Waals surface area contributed by atoms with Crippen LogP contribution >= 0.6 is 0 Å². The van der Waals surface area contributed by atoms with Crippen LogP contribution in [-0.2, 0) is 6.54 Å². The molecule has 0 aromatic carbocycles. The second-order valence-electron chi connectivity index (χ2n) is 5.89. The summed E-state index contributed by atoms with van der Waals surface area (Å²) < 4.78 is 0. The van der Waals surface area contributed by atoms with E-state index in [0.29, 0.717) is 12.6 Å².